The number of esters is 1. The van der Waals surface area contributed by atoms with Crippen molar-refractivity contribution in [3.05, 3.63) is 54.1 Å². The minimum absolute atomic E-state index is 0.332. The maximum absolute atomic E-state index is 11.3. The van der Waals surface area contributed by atoms with E-state index in [1.807, 2.05) is 0 Å². The lowest BCUT2D eigenvalue weighted by atomic mass is 10.2. The van der Waals surface area contributed by atoms with E-state index in [1.165, 1.54) is 6.21 Å². The number of hydrazone groups is 1. The van der Waals surface area contributed by atoms with E-state index in [0.29, 0.717) is 16.9 Å². The summed E-state index contributed by atoms with van der Waals surface area (Å²) in [4.78, 5) is 22.5. The molecule has 1 aromatic rings. The second-order valence-electron chi connectivity index (χ2n) is 4.22. The molecule has 0 aromatic heterocycles. The van der Waals surface area contributed by atoms with E-state index in [1.54, 1.807) is 38.1 Å². The Balaban J connectivity index is 2.61. The summed E-state index contributed by atoms with van der Waals surface area (Å²) in [6, 6.07) is 6.67. The van der Waals surface area contributed by atoms with Crippen molar-refractivity contribution in [2.75, 3.05) is 0 Å². The van der Waals surface area contributed by atoms with E-state index in [4.69, 9.17) is 4.74 Å². The van der Waals surface area contributed by atoms with Gasteiger partial charge in [0.25, 0.3) is 5.91 Å². The van der Waals surface area contributed by atoms with Crippen LogP contribution in [0.4, 0.5) is 0 Å². The Morgan fingerprint density at radius 2 is 1.75 bits per heavy atom. The Morgan fingerprint density at radius 3 is 2.25 bits per heavy atom. The number of ether oxygens (including phenoxy) is 1. The Morgan fingerprint density at radius 1 is 1.15 bits per heavy atom. The first-order chi connectivity index (χ1) is 9.40. The van der Waals surface area contributed by atoms with Gasteiger partial charge in [-0.15, -0.1) is 0 Å². The number of nitrogens with zero attached hydrogens (tertiary/aromatic N) is 1. The standard InChI is InChI=1S/C15H16N2O3/c1-10(2)14(18)17-16-9-12-5-7-13(8-6-12)20-15(19)11(3)4/h5-9H,1,3H2,2,4H3,(H,17,18)/b16-9+. The number of rotatable bonds is 5. The van der Waals surface area contributed by atoms with Gasteiger partial charge in [0.2, 0.25) is 0 Å². The lowest BCUT2D eigenvalue weighted by Crippen LogP contribution is -2.17. The van der Waals surface area contributed by atoms with Crippen molar-refractivity contribution in [2.45, 2.75) is 13.8 Å². The van der Waals surface area contributed by atoms with Crippen molar-refractivity contribution in [1.29, 1.82) is 0 Å². The minimum atomic E-state index is -0.472. The molecule has 104 valence electrons. The van der Waals surface area contributed by atoms with Crippen LogP contribution in [0.5, 0.6) is 5.75 Å². The van der Waals surface area contributed by atoms with Gasteiger partial charge in [0.1, 0.15) is 5.75 Å². The van der Waals surface area contributed by atoms with Gasteiger partial charge >= 0.3 is 5.97 Å². The molecular formula is C15H16N2O3. The third-order valence-corrected chi connectivity index (χ3v) is 2.21. The first-order valence-electron chi connectivity index (χ1n) is 5.87. The Labute approximate surface area is 117 Å². The van der Waals surface area contributed by atoms with Crippen molar-refractivity contribution >= 4 is 18.1 Å². The molecule has 0 fully saturated rings. The molecule has 0 aliphatic rings. The summed E-state index contributed by atoms with van der Waals surface area (Å²) in [5, 5.41) is 3.77. The topological polar surface area (TPSA) is 67.8 Å². The summed E-state index contributed by atoms with van der Waals surface area (Å²) < 4.78 is 5.04. The number of amides is 1. The van der Waals surface area contributed by atoms with Crippen molar-refractivity contribution in [2.24, 2.45) is 5.10 Å². The molecule has 0 atom stereocenters. The highest BCUT2D eigenvalue weighted by Gasteiger charge is 2.04. The zero-order chi connectivity index (χ0) is 15.1. The van der Waals surface area contributed by atoms with Gasteiger partial charge in [0, 0.05) is 11.1 Å². The van der Waals surface area contributed by atoms with Crippen LogP contribution in [-0.4, -0.2) is 18.1 Å². The highest BCUT2D eigenvalue weighted by molar-refractivity contribution is 5.93. The van der Waals surface area contributed by atoms with Gasteiger partial charge in [-0.05, 0) is 43.7 Å². The molecule has 1 rings (SSSR count). The molecular weight excluding hydrogens is 256 g/mol. The van der Waals surface area contributed by atoms with Crippen LogP contribution in [0.25, 0.3) is 0 Å². The predicted octanol–water partition coefficient (Wildman–Crippen LogP) is 2.19. The quantitative estimate of drug-likeness (QED) is 0.294. The molecule has 0 saturated heterocycles. The van der Waals surface area contributed by atoms with Gasteiger partial charge in [0.15, 0.2) is 0 Å². The lowest BCUT2D eigenvalue weighted by molar-refractivity contribution is -0.130. The van der Waals surface area contributed by atoms with Crippen molar-refractivity contribution < 1.29 is 14.3 Å². The van der Waals surface area contributed by atoms with E-state index in [9.17, 15) is 9.59 Å². The van der Waals surface area contributed by atoms with Gasteiger partial charge in [-0.2, -0.15) is 5.10 Å². The van der Waals surface area contributed by atoms with E-state index in [2.05, 4.69) is 23.7 Å². The number of hydrogen-bond donors (Lipinski definition) is 1. The van der Waals surface area contributed by atoms with Gasteiger partial charge in [-0.1, -0.05) is 13.2 Å². The maximum atomic E-state index is 11.3. The fraction of sp³-hybridized carbons (Fsp3) is 0.133. The summed E-state index contributed by atoms with van der Waals surface area (Å²) in [6.45, 7) is 10.2. The summed E-state index contributed by atoms with van der Waals surface area (Å²) in [5.74, 6) is -0.394. The fourth-order valence-corrected chi connectivity index (χ4v) is 1.08. The zero-order valence-electron chi connectivity index (χ0n) is 11.5. The Hall–Kier alpha value is -2.69. The first kappa shape index (κ1) is 15.4. The summed E-state index contributed by atoms with van der Waals surface area (Å²) in [5.41, 5.74) is 3.79. The van der Waals surface area contributed by atoms with Gasteiger partial charge in [-0.3, -0.25) is 4.79 Å². The van der Waals surface area contributed by atoms with E-state index < -0.39 is 5.97 Å². The minimum Gasteiger partial charge on any atom is -0.423 e. The summed E-state index contributed by atoms with van der Waals surface area (Å²) >= 11 is 0. The monoisotopic (exact) mass is 272 g/mol. The van der Waals surface area contributed by atoms with E-state index in [-0.39, 0.29) is 5.91 Å². The molecule has 0 unspecified atom stereocenters. The number of nitrogens with one attached hydrogen (secondary N) is 1. The van der Waals surface area contributed by atoms with Gasteiger partial charge in [-0.25, -0.2) is 10.2 Å². The SMILES string of the molecule is C=C(C)C(=O)N/N=C/c1ccc(OC(=O)C(=C)C)cc1. The van der Waals surface area contributed by atoms with Crippen molar-refractivity contribution in [3.8, 4) is 5.75 Å². The summed E-state index contributed by atoms with van der Waals surface area (Å²) in [6.07, 6.45) is 1.48. The average Bonchev–Trinajstić information content (AvgIpc) is 2.40. The van der Waals surface area contributed by atoms with Crippen LogP contribution in [0.3, 0.4) is 0 Å². The Bertz CT molecular complexity index is 571. The van der Waals surface area contributed by atoms with Crippen molar-refractivity contribution in [1.82, 2.24) is 5.43 Å². The van der Waals surface area contributed by atoms with Crippen LogP contribution in [0.1, 0.15) is 19.4 Å². The van der Waals surface area contributed by atoms with Crippen LogP contribution >= 0.6 is 0 Å². The molecule has 1 N–H and O–H groups in total. The predicted molar refractivity (Wildman–Crippen MR) is 77.4 cm³/mol. The molecule has 1 amide bonds. The molecule has 0 saturated carbocycles. The van der Waals surface area contributed by atoms with Crippen LogP contribution in [0.15, 0.2) is 53.7 Å². The lowest BCUT2D eigenvalue weighted by Gasteiger charge is -2.03. The smallest absolute Gasteiger partial charge is 0.338 e. The molecule has 0 aliphatic heterocycles. The molecule has 5 nitrogen and oxygen atoms in total. The van der Waals surface area contributed by atoms with Crippen LogP contribution in [0.2, 0.25) is 0 Å². The second-order valence-corrected chi connectivity index (χ2v) is 4.22. The third kappa shape index (κ3) is 4.89. The average molecular weight is 272 g/mol. The highest BCUT2D eigenvalue weighted by Crippen LogP contribution is 2.12. The molecule has 0 heterocycles. The van der Waals surface area contributed by atoms with Gasteiger partial charge < -0.3 is 4.74 Å². The maximum Gasteiger partial charge on any atom is 0.338 e. The molecule has 0 bridgehead atoms. The summed E-state index contributed by atoms with van der Waals surface area (Å²) in [7, 11) is 0. The van der Waals surface area contributed by atoms with E-state index in [0.717, 1.165) is 5.56 Å². The van der Waals surface area contributed by atoms with E-state index >= 15 is 0 Å². The molecule has 1 aromatic carbocycles. The molecule has 0 aliphatic carbocycles. The number of carbonyl (C=O) groups excluding carboxylic acids is 2. The zero-order valence-corrected chi connectivity index (χ0v) is 11.5. The molecule has 0 radical (unpaired) electrons. The number of benzene rings is 1. The number of carbonyl (C=O) groups is 2. The number of hydrogen-bond acceptors (Lipinski definition) is 4. The molecule has 0 spiro atoms. The van der Waals surface area contributed by atoms with Gasteiger partial charge in [0.05, 0.1) is 6.21 Å². The molecule has 20 heavy (non-hydrogen) atoms. The van der Waals surface area contributed by atoms with Crippen LogP contribution < -0.4 is 10.2 Å². The third-order valence-electron chi connectivity index (χ3n) is 2.21. The van der Waals surface area contributed by atoms with Crippen molar-refractivity contribution in [3.63, 3.8) is 0 Å². The highest BCUT2D eigenvalue weighted by atomic mass is 16.5. The second kappa shape index (κ2) is 7.04. The normalized spacial score (nSPS) is 10.1. The van der Waals surface area contributed by atoms with Crippen LogP contribution in [-0.2, 0) is 9.59 Å². The largest absolute Gasteiger partial charge is 0.423 e. The molecule has 5 heteroatoms. The fourth-order valence-electron chi connectivity index (χ4n) is 1.08. The van der Waals surface area contributed by atoms with Crippen LogP contribution in [0, 0.1) is 0 Å². The first-order valence-corrected chi connectivity index (χ1v) is 5.87. The Kier molecular flexibility index (Phi) is 5.41.